The Morgan fingerprint density at radius 1 is 1.12 bits per heavy atom. The quantitative estimate of drug-likeness (QED) is 0.625. The lowest BCUT2D eigenvalue weighted by Crippen LogP contribution is -1.93. The highest BCUT2D eigenvalue weighted by Gasteiger charge is 2.15. The fourth-order valence-electron chi connectivity index (χ4n) is 2.29. The number of nitrogens with one attached hydrogen (secondary N) is 1. The van der Waals surface area contributed by atoms with Crippen LogP contribution in [0.2, 0.25) is 0 Å². The molecule has 0 saturated heterocycles. The van der Waals surface area contributed by atoms with Crippen molar-refractivity contribution in [3.63, 3.8) is 0 Å². The maximum absolute atomic E-state index is 11.6. The fourth-order valence-corrected chi connectivity index (χ4v) is 2.29. The summed E-state index contributed by atoms with van der Waals surface area (Å²) in [6.45, 7) is 1.47. The molecule has 0 radical (unpaired) electrons. The Morgan fingerprint density at radius 2 is 1.88 bits per heavy atom. The van der Waals surface area contributed by atoms with Gasteiger partial charge in [0.15, 0.2) is 5.78 Å². The van der Waals surface area contributed by atoms with E-state index in [1.165, 1.54) is 6.92 Å². The molecule has 2 aromatic carbocycles. The molecule has 3 rings (SSSR count). The summed E-state index contributed by atoms with van der Waals surface area (Å²) in [5.74, 6) is -0.0902. The first kappa shape index (κ1) is 9.90. The van der Waals surface area contributed by atoms with Crippen molar-refractivity contribution >= 4 is 27.6 Å². The van der Waals surface area contributed by atoms with Crippen LogP contribution in [0.3, 0.4) is 0 Å². The van der Waals surface area contributed by atoms with E-state index in [9.17, 15) is 9.90 Å². The van der Waals surface area contributed by atoms with E-state index >= 15 is 0 Å². The first-order valence-electron chi connectivity index (χ1n) is 5.42. The molecule has 1 aromatic heterocycles. The molecule has 0 atom stereocenters. The number of hydrogen-bond donors (Lipinski definition) is 2. The highest BCUT2D eigenvalue weighted by molar-refractivity contribution is 6.19. The van der Waals surface area contributed by atoms with Crippen LogP contribution < -0.4 is 0 Å². The molecular weight excluding hydrogens is 214 g/mol. The number of benzene rings is 2. The Balaban J connectivity index is 2.60. The summed E-state index contributed by atoms with van der Waals surface area (Å²) in [6, 6.07) is 11.1. The lowest BCUT2D eigenvalue weighted by molar-refractivity contribution is 0.101. The van der Waals surface area contributed by atoms with Crippen LogP contribution in [0.1, 0.15) is 17.3 Å². The van der Waals surface area contributed by atoms with Gasteiger partial charge in [-0.25, -0.2) is 0 Å². The van der Waals surface area contributed by atoms with Gasteiger partial charge in [-0.3, -0.25) is 4.79 Å². The first-order valence-corrected chi connectivity index (χ1v) is 5.42. The monoisotopic (exact) mass is 225 g/mol. The molecule has 0 amide bonds. The zero-order chi connectivity index (χ0) is 12.0. The molecule has 3 heteroatoms. The molecule has 17 heavy (non-hydrogen) atoms. The van der Waals surface area contributed by atoms with Gasteiger partial charge >= 0.3 is 0 Å². The molecule has 0 saturated carbocycles. The largest absolute Gasteiger partial charge is 0.507 e. The third-order valence-corrected chi connectivity index (χ3v) is 3.00. The van der Waals surface area contributed by atoms with Gasteiger partial charge in [0.1, 0.15) is 5.75 Å². The van der Waals surface area contributed by atoms with Crippen LogP contribution in [0.5, 0.6) is 5.75 Å². The molecule has 0 fully saturated rings. The van der Waals surface area contributed by atoms with E-state index in [1.54, 1.807) is 12.1 Å². The number of aromatic amines is 1. The maximum Gasteiger partial charge on any atom is 0.164 e. The van der Waals surface area contributed by atoms with E-state index in [0.29, 0.717) is 5.56 Å². The SMILES string of the molecule is CC(=O)c1c(O)ccc2[nH]c3ccccc3c12. The topological polar surface area (TPSA) is 53.1 Å². The van der Waals surface area contributed by atoms with E-state index in [1.807, 2.05) is 24.3 Å². The summed E-state index contributed by atoms with van der Waals surface area (Å²) in [5, 5.41) is 11.6. The second-order valence-electron chi connectivity index (χ2n) is 4.11. The van der Waals surface area contributed by atoms with E-state index in [4.69, 9.17) is 0 Å². The number of rotatable bonds is 1. The van der Waals surface area contributed by atoms with Crippen LogP contribution in [-0.4, -0.2) is 15.9 Å². The fraction of sp³-hybridized carbons (Fsp3) is 0.0714. The number of fused-ring (bicyclic) bond motifs is 3. The predicted octanol–water partition coefficient (Wildman–Crippen LogP) is 3.23. The van der Waals surface area contributed by atoms with Crippen molar-refractivity contribution in [3.8, 4) is 5.75 Å². The molecular formula is C14H11NO2. The van der Waals surface area contributed by atoms with E-state index < -0.39 is 0 Å². The number of hydrogen-bond acceptors (Lipinski definition) is 2. The number of aromatic hydroxyl groups is 1. The number of ketones is 1. The van der Waals surface area contributed by atoms with Crippen LogP contribution in [-0.2, 0) is 0 Å². The summed E-state index contributed by atoms with van der Waals surface area (Å²) in [7, 11) is 0. The number of carbonyl (C=O) groups is 1. The zero-order valence-corrected chi connectivity index (χ0v) is 9.32. The Labute approximate surface area is 97.7 Å². The van der Waals surface area contributed by atoms with Crippen molar-refractivity contribution in [1.82, 2.24) is 4.98 Å². The van der Waals surface area contributed by atoms with Gasteiger partial charge in [0.25, 0.3) is 0 Å². The molecule has 0 aliphatic carbocycles. The minimum absolute atomic E-state index is 0.0368. The standard InChI is InChI=1S/C14H11NO2/c1-8(16)13-12(17)7-6-11-14(13)9-4-2-3-5-10(9)15-11/h2-7,15,17H,1H3. The lowest BCUT2D eigenvalue weighted by Gasteiger charge is -2.02. The molecule has 0 aliphatic rings. The van der Waals surface area contributed by atoms with E-state index in [-0.39, 0.29) is 11.5 Å². The molecule has 0 unspecified atom stereocenters. The van der Waals surface area contributed by atoms with Crippen molar-refractivity contribution in [2.24, 2.45) is 0 Å². The molecule has 0 spiro atoms. The van der Waals surface area contributed by atoms with Gasteiger partial charge in [0, 0.05) is 21.8 Å². The van der Waals surface area contributed by atoms with Crippen LogP contribution in [0.15, 0.2) is 36.4 Å². The molecule has 0 bridgehead atoms. The third-order valence-electron chi connectivity index (χ3n) is 3.00. The average Bonchev–Trinajstić information content (AvgIpc) is 2.67. The number of para-hydroxylation sites is 1. The number of H-pyrrole nitrogens is 1. The van der Waals surface area contributed by atoms with Crippen LogP contribution in [0.4, 0.5) is 0 Å². The highest BCUT2D eigenvalue weighted by Crippen LogP contribution is 2.33. The molecule has 84 valence electrons. The van der Waals surface area contributed by atoms with Crippen molar-refractivity contribution in [1.29, 1.82) is 0 Å². The Morgan fingerprint density at radius 3 is 2.65 bits per heavy atom. The molecule has 2 N–H and O–H groups in total. The lowest BCUT2D eigenvalue weighted by atomic mass is 10.0. The van der Waals surface area contributed by atoms with Gasteiger partial charge in [0.2, 0.25) is 0 Å². The van der Waals surface area contributed by atoms with Crippen molar-refractivity contribution in [2.75, 3.05) is 0 Å². The Bertz CT molecular complexity index is 740. The smallest absolute Gasteiger partial charge is 0.164 e. The summed E-state index contributed by atoms with van der Waals surface area (Å²) in [4.78, 5) is 14.9. The molecule has 0 aliphatic heterocycles. The predicted molar refractivity (Wildman–Crippen MR) is 67.5 cm³/mol. The number of Topliss-reactive ketones (excluding diaryl/α,β-unsaturated/α-hetero) is 1. The minimum atomic E-state index is -0.127. The second-order valence-corrected chi connectivity index (χ2v) is 4.11. The van der Waals surface area contributed by atoms with E-state index in [2.05, 4.69) is 4.98 Å². The van der Waals surface area contributed by atoms with Crippen molar-refractivity contribution in [3.05, 3.63) is 42.0 Å². The van der Waals surface area contributed by atoms with Gasteiger partial charge in [-0.15, -0.1) is 0 Å². The van der Waals surface area contributed by atoms with Crippen LogP contribution in [0.25, 0.3) is 21.8 Å². The van der Waals surface area contributed by atoms with Crippen molar-refractivity contribution < 1.29 is 9.90 Å². The van der Waals surface area contributed by atoms with Gasteiger partial charge in [-0.2, -0.15) is 0 Å². The van der Waals surface area contributed by atoms with Crippen LogP contribution in [0, 0.1) is 0 Å². The number of carbonyl (C=O) groups excluding carboxylic acids is 1. The Kier molecular flexibility index (Phi) is 1.95. The summed E-state index contributed by atoms with van der Waals surface area (Å²) in [6.07, 6.45) is 0. The number of phenols is 1. The van der Waals surface area contributed by atoms with Crippen molar-refractivity contribution in [2.45, 2.75) is 6.92 Å². The number of aromatic nitrogens is 1. The second kappa shape index (κ2) is 3.35. The van der Waals surface area contributed by atoms with Gasteiger partial charge < -0.3 is 10.1 Å². The maximum atomic E-state index is 11.6. The minimum Gasteiger partial charge on any atom is -0.507 e. The van der Waals surface area contributed by atoms with Gasteiger partial charge in [-0.1, -0.05) is 18.2 Å². The van der Waals surface area contributed by atoms with Gasteiger partial charge in [0.05, 0.1) is 5.56 Å². The molecule has 3 nitrogen and oxygen atoms in total. The zero-order valence-electron chi connectivity index (χ0n) is 9.32. The average molecular weight is 225 g/mol. The number of phenolic OH excluding ortho intramolecular Hbond substituents is 1. The summed E-state index contributed by atoms with van der Waals surface area (Å²) >= 11 is 0. The molecule has 3 aromatic rings. The molecule has 1 heterocycles. The normalized spacial score (nSPS) is 11.1. The van der Waals surface area contributed by atoms with Gasteiger partial charge in [-0.05, 0) is 25.1 Å². The van der Waals surface area contributed by atoms with Crippen LogP contribution >= 0.6 is 0 Å². The van der Waals surface area contributed by atoms with E-state index in [0.717, 1.165) is 21.8 Å². The summed E-state index contributed by atoms with van der Waals surface area (Å²) in [5.41, 5.74) is 2.23. The third kappa shape index (κ3) is 1.32. The summed E-state index contributed by atoms with van der Waals surface area (Å²) < 4.78 is 0. The first-order chi connectivity index (χ1) is 8.18. The Hall–Kier alpha value is -2.29. The highest BCUT2D eigenvalue weighted by atomic mass is 16.3.